The van der Waals surface area contributed by atoms with Crippen LogP contribution in [0.5, 0.6) is 17.2 Å². The molecular weight excluding hydrogens is 451 g/mol. The van der Waals surface area contributed by atoms with Crippen LogP contribution in [0.3, 0.4) is 0 Å². The molecule has 0 aliphatic carbocycles. The fourth-order valence-corrected chi connectivity index (χ4v) is 2.46. The van der Waals surface area contributed by atoms with Gasteiger partial charge in [0, 0.05) is 29.9 Å². The van der Waals surface area contributed by atoms with Gasteiger partial charge in [0.2, 0.25) is 0 Å². The van der Waals surface area contributed by atoms with E-state index in [0.29, 0.717) is 5.75 Å². The van der Waals surface area contributed by atoms with Gasteiger partial charge < -0.3 is 24.1 Å². The molecule has 2 aromatic rings. The lowest BCUT2D eigenvalue weighted by Gasteiger charge is -2.13. The van der Waals surface area contributed by atoms with Crippen molar-refractivity contribution in [2.24, 2.45) is 0 Å². The minimum absolute atomic E-state index is 0.00314. The van der Waals surface area contributed by atoms with Gasteiger partial charge in [0.25, 0.3) is 0 Å². The van der Waals surface area contributed by atoms with Crippen LogP contribution in [-0.2, 0) is 9.47 Å². The van der Waals surface area contributed by atoms with Crippen molar-refractivity contribution in [3.8, 4) is 17.2 Å². The summed E-state index contributed by atoms with van der Waals surface area (Å²) >= 11 is 2.21. The highest BCUT2D eigenvalue weighted by Crippen LogP contribution is 2.34. The van der Waals surface area contributed by atoms with Crippen LogP contribution in [-0.4, -0.2) is 38.7 Å². The van der Waals surface area contributed by atoms with Gasteiger partial charge in [-0.15, -0.1) is 0 Å². The van der Waals surface area contributed by atoms with Crippen molar-refractivity contribution in [2.75, 3.05) is 27.8 Å². The number of hydrogen-bond donors (Lipinski definition) is 1. The molecule has 1 N–H and O–H groups in total. The summed E-state index contributed by atoms with van der Waals surface area (Å²) in [6.45, 7) is -0.0720. The number of rotatable bonds is 9. The molecule has 0 fully saturated rings. The highest BCUT2D eigenvalue weighted by Gasteiger charge is 2.18. The predicted octanol–water partition coefficient (Wildman–Crippen LogP) is 3.86. The lowest BCUT2D eigenvalue weighted by atomic mass is 10.1. The number of hydrogen-bond acceptors (Lipinski definition) is 6. The van der Waals surface area contributed by atoms with Gasteiger partial charge in [-0.3, -0.25) is 4.79 Å². The first kappa shape index (κ1) is 20.2. The summed E-state index contributed by atoms with van der Waals surface area (Å²) < 4.78 is 21.5. The topological polar surface area (TPSA) is 74.2 Å². The van der Waals surface area contributed by atoms with Crippen LogP contribution in [0.4, 0.5) is 0 Å². The maximum Gasteiger partial charge on any atom is 0.193 e. The third-order valence-electron chi connectivity index (χ3n) is 3.27. The molecule has 0 radical (unpaired) electrons. The summed E-state index contributed by atoms with van der Waals surface area (Å²) in [7, 11) is 2.94. The van der Waals surface area contributed by atoms with Crippen LogP contribution >= 0.6 is 22.6 Å². The highest BCUT2D eigenvalue weighted by molar-refractivity contribution is 14.1. The highest BCUT2D eigenvalue weighted by atomic mass is 127. The number of carbonyl (C=O) groups is 1. The minimum Gasteiger partial charge on any atom is -0.507 e. The molecule has 0 bridgehead atoms. The molecule has 0 aliphatic heterocycles. The molecule has 138 valence electrons. The van der Waals surface area contributed by atoms with Crippen molar-refractivity contribution in [1.29, 1.82) is 0 Å². The van der Waals surface area contributed by atoms with E-state index >= 15 is 0 Å². The number of ketones is 1. The van der Waals surface area contributed by atoms with Gasteiger partial charge >= 0.3 is 0 Å². The molecule has 2 rings (SSSR count). The Labute approximate surface area is 165 Å². The summed E-state index contributed by atoms with van der Waals surface area (Å²) in [6.07, 6.45) is 3.06. The third kappa shape index (κ3) is 5.72. The van der Waals surface area contributed by atoms with Gasteiger partial charge in [0.1, 0.15) is 22.8 Å². The maximum absolute atomic E-state index is 12.6. The van der Waals surface area contributed by atoms with Crippen LogP contribution < -0.4 is 9.47 Å². The fourth-order valence-electron chi connectivity index (χ4n) is 2.10. The normalized spacial score (nSPS) is 10.9. The fraction of sp³-hybridized carbons (Fsp3) is 0.211. The number of carbonyl (C=O) groups excluding carboxylic acids is 1. The van der Waals surface area contributed by atoms with E-state index < -0.39 is 5.78 Å². The van der Waals surface area contributed by atoms with Crippen LogP contribution in [0, 0.1) is 3.57 Å². The van der Waals surface area contributed by atoms with Gasteiger partial charge in [-0.1, -0.05) is 18.2 Å². The van der Waals surface area contributed by atoms with Crippen molar-refractivity contribution in [3.05, 3.63) is 57.2 Å². The van der Waals surface area contributed by atoms with E-state index in [2.05, 4.69) is 22.6 Å². The lowest BCUT2D eigenvalue weighted by molar-refractivity contribution is 0.0453. The first-order valence-electron chi connectivity index (χ1n) is 7.63. The Hall–Kier alpha value is -2.10. The van der Waals surface area contributed by atoms with Crippen LogP contribution in [0.15, 0.2) is 42.5 Å². The molecule has 0 unspecified atom stereocenters. The third-order valence-corrected chi connectivity index (χ3v) is 3.99. The number of ether oxygens (including phenoxy) is 4. The van der Waals surface area contributed by atoms with Gasteiger partial charge in [-0.05, 0) is 46.4 Å². The number of aromatic hydroxyl groups is 1. The standard InChI is InChI=1S/C19H19IO6/c1-23-11-25-15-9-17(22)19(18(10-15)26-12-24-2)16(21)8-5-13-3-6-14(20)7-4-13/h3-10,22H,11-12H2,1-2H3/b8-5+. The zero-order valence-electron chi connectivity index (χ0n) is 14.4. The van der Waals surface area contributed by atoms with Crippen molar-refractivity contribution in [2.45, 2.75) is 0 Å². The SMILES string of the molecule is COCOc1cc(O)c(C(=O)/C=C/c2ccc(I)cc2)c(OCOC)c1. The summed E-state index contributed by atoms with van der Waals surface area (Å²) in [6, 6.07) is 10.5. The van der Waals surface area contributed by atoms with Crippen molar-refractivity contribution in [1.82, 2.24) is 0 Å². The number of allylic oxidation sites excluding steroid dienone is 1. The maximum atomic E-state index is 12.6. The largest absolute Gasteiger partial charge is 0.507 e. The average Bonchev–Trinajstić information content (AvgIpc) is 2.63. The summed E-state index contributed by atoms with van der Waals surface area (Å²) in [5, 5.41) is 10.3. The number of phenolic OH excluding ortho intramolecular Hbond substituents is 1. The van der Waals surface area contributed by atoms with Crippen molar-refractivity contribution < 1.29 is 28.8 Å². The van der Waals surface area contributed by atoms with E-state index in [1.165, 1.54) is 32.4 Å². The summed E-state index contributed by atoms with van der Waals surface area (Å²) in [5.74, 6) is -0.170. The molecule has 0 saturated carbocycles. The molecule has 0 heterocycles. The molecule has 2 aromatic carbocycles. The molecule has 6 nitrogen and oxygen atoms in total. The quantitative estimate of drug-likeness (QED) is 0.260. The number of benzene rings is 2. The second kappa shape index (κ2) is 10.1. The molecule has 0 atom stereocenters. The summed E-state index contributed by atoms with van der Waals surface area (Å²) in [5.41, 5.74) is 0.909. The van der Waals surface area contributed by atoms with E-state index in [1.807, 2.05) is 24.3 Å². The zero-order valence-corrected chi connectivity index (χ0v) is 16.6. The zero-order chi connectivity index (χ0) is 18.9. The Morgan fingerprint density at radius 2 is 1.73 bits per heavy atom. The van der Waals surface area contributed by atoms with E-state index in [1.54, 1.807) is 6.08 Å². The van der Waals surface area contributed by atoms with Gasteiger partial charge in [0.15, 0.2) is 19.4 Å². The molecular formula is C19H19IO6. The second-order valence-electron chi connectivity index (χ2n) is 5.17. The number of phenols is 1. The molecule has 0 aliphatic rings. The Kier molecular flexibility index (Phi) is 7.89. The van der Waals surface area contributed by atoms with Gasteiger partial charge in [-0.2, -0.15) is 0 Å². The Balaban J connectivity index is 2.29. The van der Waals surface area contributed by atoms with E-state index in [4.69, 9.17) is 18.9 Å². The molecule has 7 heteroatoms. The van der Waals surface area contributed by atoms with Gasteiger partial charge in [0.05, 0.1) is 0 Å². The monoisotopic (exact) mass is 470 g/mol. The molecule has 0 amide bonds. The first-order chi connectivity index (χ1) is 12.5. The van der Waals surface area contributed by atoms with Crippen molar-refractivity contribution >= 4 is 34.5 Å². The second-order valence-corrected chi connectivity index (χ2v) is 6.41. The molecule has 26 heavy (non-hydrogen) atoms. The van der Waals surface area contributed by atoms with E-state index in [-0.39, 0.29) is 30.6 Å². The van der Waals surface area contributed by atoms with E-state index in [0.717, 1.165) is 9.13 Å². The number of methoxy groups -OCH3 is 2. The van der Waals surface area contributed by atoms with Crippen molar-refractivity contribution in [3.63, 3.8) is 0 Å². The summed E-state index contributed by atoms with van der Waals surface area (Å²) in [4.78, 5) is 12.6. The lowest BCUT2D eigenvalue weighted by Crippen LogP contribution is -2.06. The first-order valence-corrected chi connectivity index (χ1v) is 8.71. The van der Waals surface area contributed by atoms with Crippen LogP contribution in [0.25, 0.3) is 6.08 Å². The van der Waals surface area contributed by atoms with E-state index in [9.17, 15) is 9.90 Å². The minimum atomic E-state index is -0.398. The van der Waals surface area contributed by atoms with Crippen LogP contribution in [0.2, 0.25) is 0 Å². The Morgan fingerprint density at radius 1 is 1.08 bits per heavy atom. The molecule has 0 spiro atoms. The number of halogens is 1. The van der Waals surface area contributed by atoms with Crippen LogP contribution in [0.1, 0.15) is 15.9 Å². The predicted molar refractivity (Wildman–Crippen MR) is 106 cm³/mol. The molecule has 0 saturated heterocycles. The smallest absolute Gasteiger partial charge is 0.193 e. The van der Waals surface area contributed by atoms with Gasteiger partial charge in [-0.25, -0.2) is 0 Å². The Morgan fingerprint density at radius 3 is 2.38 bits per heavy atom. The average molecular weight is 470 g/mol. The molecule has 0 aromatic heterocycles. The Bertz CT molecular complexity index is 770.